The zero-order chi connectivity index (χ0) is 19.8. The highest BCUT2D eigenvalue weighted by molar-refractivity contribution is 6.20. The van der Waals surface area contributed by atoms with Gasteiger partial charge in [0.25, 0.3) is 0 Å². The molecule has 0 atom stereocenters. The van der Waals surface area contributed by atoms with Gasteiger partial charge in [-0.2, -0.15) is 0 Å². The molecule has 3 aromatic heterocycles. The Morgan fingerprint density at radius 2 is 1.57 bits per heavy atom. The second-order valence-corrected chi connectivity index (χ2v) is 7.53. The number of para-hydroxylation sites is 2. The number of nitrogens with zero attached hydrogens (tertiary/aromatic N) is 3. The number of benzene rings is 4. The Morgan fingerprint density at radius 1 is 0.733 bits per heavy atom. The van der Waals surface area contributed by atoms with Crippen LogP contribution in [0, 0.1) is 6.57 Å². The van der Waals surface area contributed by atoms with Gasteiger partial charge in [-0.3, -0.25) is 4.40 Å². The maximum Gasteiger partial charge on any atom is 0.198 e. The summed E-state index contributed by atoms with van der Waals surface area (Å²) < 4.78 is 8.39. The minimum atomic E-state index is 0.609. The van der Waals surface area contributed by atoms with E-state index in [9.17, 15) is 0 Å². The van der Waals surface area contributed by atoms with Gasteiger partial charge in [0.2, 0.25) is 0 Å². The molecule has 30 heavy (non-hydrogen) atoms. The molecule has 0 N–H and O–H groups in total. The second kappa shape index (κ2) is 5.37. The summed E-state index contributed by atoms with van der Waals surface area (Å²) in [7, 11) is 0. The van der Waals surface area contributed by atoms with Crippen molar-refractivity contribution in [2.45, 2.75) is 0 Å². The van der Waals surface area contributed by atoms with E-state index in [-0.39, 0.29) is 0 Å². The average Bonchev–Trinajstić information content (AvgIpc) is 3.36. The molecular weight excluding hydrogens is 370 g/mol. The van der Waals surface area contributed by atoms with Crippen molar-refractivity contribution in [3.8, 4) is 0 Å². The van der Waals surface area contributed by atoms with Gasteiger partial charge < -0.3 is 4.42 Å². The van der Waals surface area contributed by atoms with E-state index < -0.39 is 0 Å². The molecule has 7 rings (SSSR count). The van der Waals surface area contributed by atoms with E-state index in [0.717, 1.165) is 60.3 Å². The molecule has 0 fully saturated rings. The molecule has 138 valence electrons. The molecule has 0 unspecified atom stereocenters. The molecule has 7 aromatic rings. The van der Waals surface area contributed by atoms with Crippen LogP contribution in [0.25, 0.3) is 65.1 Å². The summed E-state index contributed by atoms with van der Waals surface area (Å²) in [5.74, 6) is 0. The van der Waals surface area contributed by atoms with Crippen molar-refractivity contribution in [3.63, 3.8) is 0 Å². The fourth-order valence-electron chi connectivity index (χ4n) is 4.70. The normalized spacial score (nSPS) is 12.0. The summed E-state index contributed by atoms with van der Waals surface area (Å²) in [6, 6.07) is 26.5. The van der Waals surface area contributed by atoms with Crippen LogP contribution in [0.3, 0.4) is 0 Å². The number of fused-ring (bicyclic) bond motifs is 11. The van der Waals surface area contributed by atoms with E-state index in [4.69, 9.17) is 16.0 Å². The lowest BCUT2D eigenvalue weighted by Crippen LogP contribution is -1.91. The highest BCUT2D eigenvalue weighted by atomic mass is 16.3. The molecule has 4 nitrogen and oxygen atoms in total. The van der Waals surface area contributed by atoms with Gasteiger partial charge >= 0.3 is 0 Å². The smallest absolute Gasteiger partial charge is 0.198 e. The summed E-state index contributed by atoms with van der Waals surface area (Å²) in [4.78, 5) is 8.67. The predicted molar refractivity (Wildman–Crippen MR) is 121 cm³/mol. The van der Waals surface area contributed by atoms with Crippen molar-refractivity contribution in [2.24, 2.45) is 0 Å². The number of furan rings is 1. The maximum atomic E-state index is 7.59. The van der Waals surface area contributed by atoms with Crippen LogP contribution in [0.4, 0.5) is 5.69 Å². The van der Waals surface area contributed by atoms with Crippen LogP contribution < -0.4 is 0 Å². The highest BCUT2D eigenvalue weighted by Gasteiger charge is 2.17. The highest BCUT2D eigenvalue weighted by Crippen LogP contribution is 2.40. The standard InChI is InChI=1S/C26H13N3O/c1-27-20-10-6-12-23-25(20)18-13-22-17(14-24(18)30-23)15-7-2-3-8-16(15)26-28-19-9-4-5-11-21(19)29(22)26/h2-14H. The molecule has 4 heteroatoms. The van der Waals surface area contributed by atoms with Gasteiger partial charge in [0, 0.05) is 21.5 Å². The molecule has 0 aliphatic rings. The Kier molecular flexibility index (Phi) is 2.78. The SMILES string of the molecule is [C-]#[N+]c1cccc2oc3cc4c5ccccc5c5nc6ccccc6n5c4cc3c12. The lowest BCUT2D eigenvalue weighted by molar-refractivity contribution is 0.669. The van der Waals surface area contributed by atoms with Gasteiger partial charge in [0.05, 0.1) is 23.1 Å². The van der Waals surface area contributed by atoms with E-state index in [1.54, 1.807) is 0 Å². The molecule has 0 bridgehead atoms. The first-order chi connectivity index (χ1) is 14.8. The predicted octanol–water partition coefficient (Wildman–Crippen LogP) is 7.24. The summed E-state index contributed by atoms with van der Waals surface area (Å²) >= 11 is 0. The maximum absolute atomic E-state index is 7.59. The number of rotatable bonds is 0. The van der Waals surface area contributed by atoms with Crippen LogP contribution in [0.2, 0.25) is 0 Å². The summed E-state index contributed by atoms with van der Waals surface area (Å²) in [5, 5.41) is 5.19. The third-order valence-electron chi connectivity index (χ3n) is 5.97. The molecule has 0 radical (unpaired) electrons. The summed E-state index contributed by atoms with van der Waals surface area (Å²) in [6.45, 7) is 7.59. The molecule has 3 heterocycles. The van der Waals surface area contributed by atoms with Crippen LogP contribution >= 0.6 is 0 Å². The lowest BCUT2D eigenvalue weighted by atomic mass is 10.0. The van der Waals surface area contributed by atoms with E-state index in [1.807, 2.05) is 36.4 Å². The van der Waals surface area contributed by atoms with Gasteiger partial charge in [-0.1, -0.05) is 48.5 Å². The van der Waals surface area contributed by atoms with Crippen molar-refractivity contribution < 1.29 is 4.42 Å². The Morgan fingerprint density at radius 3 is 2.47 bits per heavy atom. The van der Waals surface area contributed by atoms with Crippen LogP contribution in [-0.2, 0) is 0 Å². The van der Waals surface area contributed by atoms with Crippen LogP contribution in [0.5, 0.6) is 0 Å². The fourth-order valence-corrected chi connectivity index (χ4v) is 4.70. The molecule has 0 aliphatic heterocycles. The van der Waals surface area contributed by atoms with Crippen molar-refractivity contribution in [1.29, 1.82) is 0 Å². The molecule has 4 aromatic carbocycles. The van der Waals surface area contributed by atoms with Crippen molar-refractivity contribution in [1.82, 2.24) is 9.38 Å². The first kappa shape index (κ1) is 15.5. The summed E-state index contributed by atoms with van der Waals surface area (Å²) in [6.07, 6.45) is 0. The Labute approximate surface area is 170 Å². The van der Waals surface area contributed by atoms with E-state index in [0.29, 0.717) is 5.69 Å². The average molecular weight is 383 g/mol. The van der Waals surface area contributed by atoms with Gasteiger partial charge in [-0.25, -0.2) is 9.83 Å². The molecule has 0 saturated heterocycles. The van der Waals surface area contributed by atoms with Crippen LogP contribution in [-0.4, -0.2) is 9.38 Å². The van der Waals surface area contributed by atoms with Gasteiger partial charge in [-0.05, 0) is 35.7 Å². The van der Waals surface area contributed by atoms with Gasteiger partial charge in [-0.15, -0.1) is 0 Å². The topological polar surface area (TPSA) is 34.8 Å². The molecular formula is C26H13N3O. The Bertz CT molecular complexity index is 1860. The number of hydrogen-bond donors (Lipinski definition) is 0. The second-order valence-electron chi connectivity index (χ2n) is 7.53. The number of pyridine rings is 1. The number of hydrogen-bond acceptors (Lipinski definition) is 2. The third-order valence-corrected chi connectivity index (χ3v) is 5.97. The molecule has 0 saturated carbocycles. The minimum Gasteiger partial charge on any atom is -0.457 e. The van der Waals surface area contributed by atoms with Gasteiger partial charge in [0.15, 0.2) is 5.69 Å². The van der Waals surface area contributed by atoms with Crippen LogP contribution in [0.15, 0.2) is 83.3 Å². The molecule has 0 spiro atoms. The van der Waals surface area contributed by atoms with E-state index in [2.05, 4.69) is 51.7 Å². The first-order valence-corrected chi connectivity index (χ1v) is 9.78. The zero-order valence-electron chi connectivity index (χ0n) is 15.8. The fraction of sp³-hybridized carbons (Fsp3) is 0. The quantitative estimate of drug-likeness (QED) is 0.204. The number of imidazole rings is 1. The van der Waals surface area contributed by atoms with Crippen molar-refractivity contribution in [3.05, 3.63) is 90.3 Å². The van der Waals surface area contributed by atoms with Crippen LogP contribution in [0.1, 0.15) is 0 Å². The monoisotopic (exact) mass is 383 g/mol. The Hall–Kier alpha value is -4.36. The van der Waals surface area contributed by atoms with E-state index >= 15 is 0 Å². The molecule has 0 amide bonds. The lowest BCUT2D eigenvalue weighted by Gasteiger charge is -2.09. The Balaban J connectivity index is 1.84. The van der Waals surface area contributed by atoms with Gasteiger partial charge in [0.1, 0.15) is 16.8 Å². The zero-order valence-corrected chi connectivity index (χ0v) is 15.8. The minimum absolute atomic E-state index is 0.609. The van der Waals surface area contributed by atoms with Crippen molar-refractivity contribution in [2.75, 3.05) is 0 Å². The largest absolute Gasteiger partial charge is 0.457 e. The van der Waals surface area contributed by atoms with E-state index in [1.165, 1.54) is 0 Å². The first-order valence-electron chi connectivity index (χ1n) is 9.78. The number of aromatic nitrogens is 2. The summed E-state index contributed by atoms with van der Waals surface area (Å²) in [5.41, 5.74) is 6.18. The molecule has 0 aliphatic carbocycles. The third kappa shape index (κ3) is 1.82. The van der Waals surface area contributed by atoms with Crippen molar-refractivity contribution >= 4 is 66.0 Å².